The number of amides is 1. The molecule has 2 rings (SSSR count). The molecule has 1 N–H and O–H groups in total. The highest BCUT2D eigenvalue weighted by molar-refractivity contribution is 5.86. The first-order chi connectivity index (χ1) is 11.1. The van der Waals surface area contributed by atoms with E-state index in [1.807, 2.05) is 55.5 Å². The van der Waals surface area contributed by atoms with Crippen molar-refractivity contribution >= 4 is 12.1 Å². The summed E-state index contributed by atoms with van der Waals surface area (Å²) in [6, 6.07) is 15.0. The van der Waals surface area contributed by atoms with Gasteiger partial charge < -0.3 is 9.47 Å². The number of rotatable bonds is 6. The number of aryl methyl sites for hydroxylation is 1. The molecule has 5 nitrogen and oxygen atoms in total. The van der Waals surface area contributed by atoms with Crippen LogP contribution in [0.4, 0.5) is 0 Å². The van der Waals surface area contributed by atoms with E-state index in [1.165, 1.54) is 6.21 Å². The van der Waals surface area contributed by atoms with E-state index in [2.05, 4.69) is 10.5 Å². The van der Waals surface area contributed by atoms with E-state index >= 15 is 0 Å². The summed E-state index contributed by atoms with van der Waals surface area (Å²) in [6.07, 6.45) is 0.892. The van der Waals surface area contributed by atoms with Crippen molar-refractivity contribution in [3.05, 3.63) is 59.7 Å². The molecule has 0 fully saturated rings. The Bertz CT molecular complexity index is 698. The highest BCUT2D eigenvalue weighted by Gasteiger charge is 2.14. The first-order valence-corrected chi connectivity index (χ1v) is 7.30. The summed E-state index contributed by atoms with van der Waals surface area (Å²) in [4.78, 5) is 12.0. The second kappa shape index (κ2) is 7.98. The third-order valence-electron chi connectivity index (χ3n) is 3.28. The Hall–Kier alpha value is -2.82. The van der Waals surface area contributed by atoms with E-state index in [0.29, 0.717) is 11.5 Å². The Labute approximate surface area is 135 Å². The van der Waals surface area contributed by atoms with Crippen LogP contribution in [-0.4, -0.2) is 25.3 Å². The summed E-state index contributed by atoms with van der Waals surface area (Å²) in [5, 5.41) is 3.95. The lowest BCUT2D eigenvalue weighted by Gasteiger charge is -2.14. The van der Waals surface area contributed by atoms with Crippen molar-refractivity contribution in [1.82, 2.24) is 5.43 Å². The smallest absolute Gasteiger partial charge is 0.280 e. The highest BCUT2D eigenvalue weighted by Crippen LogP contribution is 2.18. The molecule has 0 bridgehead atoms. The molecule has 2 aromatic rings. The van der Waals surface area contributed by atoms with E-state index in [9.17, 15) is 4.79 Å². The Morgan fingerprint density at radius 2 is 1.78 bits per heavy atom. The average Bonchev–Trinajstić information content (AvgIpc) is 2.57. The predicted octanol–water partition coefficient (Wildman–Crippen LogP) is 2.92. The van der Waals surface area contributed by atoms with Crippen LogP contribution in [-0.2, 0) is 4.79 Å². The van der Waals surface area contributed by atoms with Gasteiger partial charge in [0.15, 0.2) is 6.10 Å². The minimum atomic E-state index is -0.647. The van der Waals surface area contributed by atoms with Crippen molar-refractivity contribution < 1.29 is 14.3 Å². The molecule has 2 aromatic carbocycles. The number of carbonyl (C=O) groups excluding carboxylic acids is 1. The number of nitrogens with zero attached hydrogens (tertiary/aromatic N) is 1. The van der Waals surface area contributed by atoms with Crippen molar-refractivity contribution in [2.45, 2.75) is 20.0 Å². The highest BCUT2D eigenvalue weighted by atomic mass is 16.5. The SMILES string of the molecule is COc1ccccc1/C=N/NC(=O)[C@@H](C)Oc1ccccc1C. The van der Waals surface area contributed by atoms with Crippen LogP contribution in [0.25, 0.3) is 0 Å². The molecule has 0 aliphatic carbocycles. The topological polar surface area (TPSA) is 59.9 Å². The van der Waals surface area contributed by atoms with Crippen LogP contribution in [0.3, 0.4) is 0 Å². The second-order valence-corrected chi connectivity index (χ2v) is 5.00. The summed E-state index contributed by atoms with van der Waals surface area (Å²) in [5.74, 6) is 1.05. The molecule has 0 aromatic heterocycles. The molecule has 0 saturated carbocycles. The van der Waals surface area contributed by atoms with Crippen molar-refractivity contribution in [3.8, 4) is 11.5 Å². The van der Waals surface area contributed by atoms with Crippen LogP contribution >= 0.6 is 0 Å². The van der Waals surface area contributed by atoms with E-state index in [0.717, 1.165) is 11.1 Å². The first-order valence-electron chi connectivity index (χ1n) is 7.30. The van der Waals surface area contributed by atoms with Crippen molar-refractivity contribution in [3.63, 3.8) is 0 Å². The fraction of sp³-hybridized carbons (Fsp3) is 0.222. The zero-order chi connectivity index (χ0) is 16.7. The molecule has 1 atom stereocenters. The largest absolute Gasteiger partial charge is 0.496 e. The monoisotopic (exact) mass is 312 g/mol. The summed E-state index contributed by atoms with van der Waals surface area (Å²) >= 11 is 0. The van der Waals surface area contributed by atoms with Gasteiger partial charge in [-0.2, -0.15) is 5.10 Å². The fourth-order valence-electron chi connectivity index (χ4n) is 1.96. The van der Waals surface area contributed by atoms with Crippen LogP contribution in [0.1, 0.15) is 18.1 Å². The molecular weight excluding hydrogens is 292 g/mol. The van der Waals surface area contributed by atoms with E-state index < -0.39 is 6.10 Å². The van der Waals surface area contributed by atoms with E-state index in [1.54, 1.807) is 14.0 Å². The third-order valence-corrected chi connectivity index (χ3v) is 3.28. The van der Waals surface area contributed by atoms with Crippen LogP contribution in [0.5, 0.6) is 11.5 Å². The van der Waals surface area contributed by atoms with Gasteiger partial charge in [0, 0.05) is 5.56 Å². The summed E-state index contributed by atoms with van der Waals surface area (Å²) < 4.78 is 10.9. The molecule has 0 unspecified atom stereocenters. The molecule has 23 heavy (non-hydrogen) atoms. The maximum Gasteiger partial charge on any atom is 0.280 e. The zero-order valence-corrected chi connectivity index (χ0v) is 13.4. The van der Waals surface area contributed by atoms with Crippen LogP contribution in [0, 0.1) is 6.92 Å². The fourth-order valence-corrected chi connectivity index (χ4v) is 1.96. The molecule has 0 heterocycles. The number of carbonyl (C=O) groups is 1. The van der Waals surface area contributed by atoms with Gasteiger partial charge in [0.1, 0.15) is 11.5 Å². The zero-order valence-electron chi connectivity index (χ0n) is 13.4. The Morgan fingerprint density at radius 3 is 2.48 bits per heavy atom. The molecule has 0 spiro atoms. The molecule has 120 valence electrons. The van der Waals surface area contributed by atoms with Gasteiger partial charge in [-0.15, -0.1) is 0 Å². The van der Waals surface area contributed by atoms with E-state index in [-0.39, 0.29) is 5.91 Å². The normalized spacial score (nSPS) is 12.0. The Balaban J connectivity index is 1.94. The predicted molar refractivity (Wildman–Crippen MR) is 90.0 cm³/mol. The van der Waals surface area contributed by atoms with Crippen molar-refractivity contribution in [1.29, 1.82) is 0 Å². The van der Waals surface area contributed by atoms with Gasteiger partial charge in [0.2, 0.25) is 0 Å². The molecule has 0 aliphatic rings. The number of para-hydroxylation sites is 2. The van der Waals surface area contributed by atoms with Gasteiger partial charge in [-0.05, 0) is 37.6 Å². The summed E-state index contributed by atoms with van der Waals surface area (Å²) in [5.41, 5.74) is 4.23. The van der Waals surface area contributed by atoms with Crippen LogP contribution in [0.2, 0.25) is 0 Å². The maximum atomic E-state index is 12.0. The number of methoxy groups -OCH3 is 1. The number of ether oxygens (including phenoxy) is 2. The lowest BCUT2D eigenvalue weighted by Crippen LogP contribution is -2.33. The Morgan fingerprint density at radius 1 is 1.13 bits per heavy atom. The van der Waals surface area contributed by atoms with Crippen molar-refractivity contribution in [2.75, 3.05) is 7.11 Å². The van der Waals surface area contributed by atoms with Gasteiger partial charge in [-0.3, -0.25) is 4.79 Å². The van der Waals surface area contributed by atoms with Crippen LogP contribution < -0.4 is 14.9 Å². The first kappa shape index (κ1) is 16.5. The number of hydrazone groups is 1. The average molecular weight is 312 g/mol. The minimum Gasteiger partial charge on any atom is -0.496 e. The molecule has 0 saturated heterocycles. The van der Waals surface area contributed by atoms with Gasteiger partial charge >= 0.3 is 0 Å². The molecule has 0 aliphatic heterocycles. The van der Waals surface area contributed by atoms with Crippen LogP contribution in [0.15, 0.2) is 53.6 Å². The number of nitrogens with one attached hydrogen (secondary N) is 1. The van der Waals surface area contributed by atoms with Gasteiger partial charge in [0.05, 0.1) is 13.3 Å². The summed E-state index contributed by atoms with van der Waals surface area (Å²) in [7, 11) is 1.59. The quantitative estimate of drug-likeness (QED) is 0.659. The van der Waals surface area contributed by atoms with Gasteiger partial charge in [0.25, 0.3) is 5.91 Å². The number of hydrogen-bond donors (Lipinski definition) is 1. The van der Waals surface area contributed by atoms with Crippen molar-refractivity contribution in [2.24, 2.45) is 5.10 Å². The lowest BCUT2D eigenvalue weighted by molar-refractivity contribution is -0.127. The lowest BCUT2D eigenvalue weighted by atomic mass is 10.2. The van der Waals surface area contributed by atoms with E-state index in [4.69, 9.17) is 9.47 Å². The molecule has 1 amide bonds. The minimum absolute atomic E-state index is 0.320. The van der Waals surface area contributed by atoms with Gasteiger partial charge in [-0.1, -0.05) is 30.3 Å². The Kier molecular flexibility index (Phi) is 5.74. The number of hydrogen-bond acceptors (Lipinski definition) is 4. The summed E-state index contributed by atoms with van der Waals surface area (Å²) in [6.45, 7) is 3.61. The molecule has 5 heteroatoms. The molecular formula is C18H20N2O3. The maximum absolute atomic E-state index is 12.0. The second-order valence-electron chi connectivity index (χ2n) is 5.00. The number of benzene rings is 2. The third kappa shape index (κ3) is 4.57. The molecule has 0 radical (unpaired) electrons. The standard InChI is InChI=1S/C18H20N2O3/c1-13-8-4-6-10-16(13)23-14(2)18(21)20-19-12-15-9-5-7-11-17(15)22-3/h4-12,14H,1-3H3,(H,20,21)/b19-12+/t14-/m1/s1. The van der Waals surface area contributed by atoms with Gasteiger partial charge in [-0.25, -0.2) is 5.43 Å².